The van der Waals surface area contributed by atoms with Gasteiger partial charge in [-0.05, 0) is 44.0 Å². The van der Waals surface area contributed by atoms with Crippen LogP contribution in [0.2, 0.25) is 0 Å². The van der Waals surface area contributed by atoms with Gasteiger partial charge >= 0.3 is 0 Å². The Morgan fingerprint density at radius 3 is 3.05 bits per heavy atom. The van der Waals surface area contributed by atoms with Crippen molar-refractivity contribution in [2.75, 3.05) is 25.0 Å². The lowest BCUT2D eigenvalue weighted by atomic mass is 10.0. The molecule has 0 spiro atoms. The van der Waals surface area contributed by atoms with Gasteiger partial charge in [-0.2, -0.15) is 0 Å². The molecule has 4 nitrogen and oxygen atoms in total. The quantitative estimate of drug-likeness (QED) is 0.849. The predicted molar refractivity (Wildman–Crippen MR) is 83.7 cm³/mol. The van der Waals surface area contributed by atoms with E-state index in [2.05, 4.69) is 17.6 Å². The molecule has 1 unspecified atom stereocenters. The van der Waals surface area contributed by atoms with E-state index < -0.39 is 0 Å². The van der Waals surface area contributed by atoms with Crippen molar-refractivity contribution in [1.29, 1.82) is 0 Å². The molecular formula is C15H23ClN2O2. The van der Waals surface area contributed by atoms with E-state index in [9.17, 15) is 4.79 Å². The number of rotatable bonds is 6. The maximum Gasteiger partial charge on any atom is 0.224 e. The average molecular weight is 299 g/mol. The number of anilines is 1. The molecule has 1 heterocycles. The lowest BCUT2D eigenvalue weighted by molar-refractivity contribution is -0.116. The Morgan fingerprint density at radius 2 is 2.35 bits per heavy atom. The highest BCUT2D eigenvalue weighted by atomic mass is 35.5. The summed E-state index contributed by atoms with van der Waals surface area (Å²) in [5.74, 6) is 1.36. The lowest BCUT2D eigenvalue weighted by Gasteiger charge is -2.10. The summed E-state index contributed by atoms with van der Waals surface area (Å²) in [6.45, 7) is 4.75. The summed E-state index contributed by atoms with van der Waals surface area (Å²) < 4.78 is 5.55. The zero-order chi connectivity index (χ0) is 13.5. The Hall–Kier alpha value is -1.26. The zero-order valence-electron chi connectivity index (χ0n) is 11.9. The van der Waals surface area contributed by atoms with E-state index in [4.69, 9.17) is 4.74 Å². The van der Waals surface area contributed by atoms with Crippen LogP contribution in [-0.2, 0) is 4.79 Å². The second-order valence-corrected chi connectivity index (χ2v) is 4.99. The number of benzene rings is 1. The van der Waals surface area contributed by atoms with Crippen LogP contribution in [0.25, 0.3) is 0 Å². The molecule has 20 heavy (non-hydrogen) atoms. The number of hydrogen-bond donors (Lipinski definition) is 2. The summed E-state index contributed by atoms with van der Waals surface area (Å²) in [5, 5.41) is 6.21. The summed E-state index contributed by atoms with van der Waals surface area (Å²) in [6.07, 6.45) is 2.66. The van der Waals surface area contributed by atoms with Gasteiger partial charge in [-0.3, -0.25) is 4.79 Å². The fraction of sp³-hybridized carbons (Fsp3) is 0.533. The molecule has 0 bridgehead atoms. The molecule has 2 rings (SSSR count). The highest BCUT2D eigenvalue weighted by Gasteiger charge is 2.17. The number of hydrogen-bond acceptors (Lipinski definition) is 3. The molecule has 1 atom stereocenters. The molecule has 1 fully saturated rings. The van der Waals surface area contributed by atoms with Gasteiger partial charge in [0.05, 0.1) is 6.61 Å². The third-order valence-electron chi connectivity index (χ3n) is 3.23. The number of carbonyl (C=O) groups is 1. The third-order valence-corrected chi connectivity index (χ3v) is 3.23. The number of ether oxygens (including phenoxy) is 1. The van der Waals surface area contributed by atoms with Crippen molar-refractivity contribution in [1.82, 2.24) is 5.32 Å². The third kappa shape index (κ3) is 5.39. The summed E-state index contributed by atoms with van der Waals surface area (Å²) in [4.78, 5) is 11.9. The van der Waals surface area contributed by atoms with E-state index in [0.717, 1.165) is 37.4 Å². The minimum Gasteiger partial charge on any atom is -0.494 e. The number of amides is 1. The van der Waals surface area contributed by atoms with Crippen LogP contribution >= 0.6 is 12.4 Å². The van der Waals surface area contributed by atoms with Crippen LogP contribution < -0.4 is 15.4 Å². The first-order valence-corrected chi connectivity index (χ1v) is 7.01. The van der Waals surface area contributed by atoms with Gasteiger partial charge in [0.1, 0.15) is 5.75 Å². The first kappa shape index (κ1) is 16.8. The van der Waals surface area contributed by atoms with E-state index in [-0.39, 0.29) is 18.3 Å². The fourth-order valence-electron chi connectivity index (χ4n) is 2.25. The van der Waals surface area contributed by atoms with Crippen LogP contribution in [-0.4, -0.2) is 25.6 Å². The van der Waals surface area contributed by atoms with Gasteiger partial charge in [-0.15, -0.1) is 12.4 Å². The Morgan fingerprint density at radius 1 is 1.50 bits per heavy atom. The molecule has 5 heteroatoms. The summed E-state index contributed by atoms with van der Waals surface area (Å²) in [6, 6.07) is 7.58. The number of carbonyl (C=O) groups excluding carboxylic acids is 1. The topological polar surface area (TPSA) is 50.4 Å². The maximum atomic E-state index is 11.9. The van der Waals surface area contributed by atoms with Crippen LogP contribution in [0.5, 0.6) is 5.75 Å². The molecule has 1 amide bonds. The SMILES string of the molecule is CCCOc1cccc(NC(=O)CC2CCNC2)c1.Cl. The predicted octanol–water partition coefficient (Wildman–Crippen LogP) is 2.84. The van der Waals surface area contributed by atoms with Gasteiger partial charge in [0.2, 0.25) is 5.91 Å². The molecule has 0 saturated carbocycles. The molecule has 0 aliphatic carbocycles. The molecule has 1 aliphatic rings. The Kier molecular flexibility index (Phi) is 7.41. The van der Waals surface area contributed by atoms with Crippen LogP contribution in [0.4, 0.5) is 5.69 Å². The summed E-state index contributed by atoms with van der Waals surface area (Å²) in [5.41, 5.74) is 0.810. The van der Waals surface area contributed by atoms with E-state index in [1.165, 1.54) is 0 Å². The minimum atomic E-state index is 0. The number of nitrogens with one attached hydrogen (secondary N) is 2. The molecule has 1 aromatic carbocycles. The Bertz CT molecular complexity index is 420. The molecule has 2 N–H and O–H groups in total. The first-order valence-electron chi connectivity index (χ1n) is 7.01. The van der Waals surface area contributed by atoms with Crippen LogP contribution in [0.3, 0.4) is 0 Å². The largest absolute Gasteiger partial charge is 0.494 e. The molecule has 0 radical (unpaired) electrons. The normalized spacial score (nSPS) is 17.4. The molecule has 0 aromatic heterocycles. The molecule has 1 saturated heterocycles. The zero-order valence-corrected chi connectivity index (χ0v) is 12.7. The fourth-order valence-corrected chi connectivity index (χ4v) is 2.25. The second kappa shape index (κ2) is 8.82. The van der Waals surface area contributed by atoms with Crippen molar-refractivity contribution in [3.8, 4) is 5.75 Å². The molecular weight excluding hydrogens is 276 g/mol. The average Bonchev–Trinajstić information content (AvgIpc) is 2.89. The van der Waals surface area contributed by atoms with Gasteiger partial charge in [0, 0.05) is 18.2 Å². The van der Waals surface area contributed by atoms with Crippen molar-refractivity contribution in [3.63, 3.8) is 0 Å². The standard InChI is InChI=1S/C15H22N2O2.ClH/c1-2-8-19-14-5-3-4-13(10-14)17-15(18)9-12-6-7-16-11-12;/h3-5,10,12,16H,2,6-9,11H2,1H3,(H,17,18);1H. The van der Waals surface area contributed by atoms with Gasteiger partial charge in [-0.25, -0.2) is 0 Å². The molecule has 1 aromatic rings. The highest BCUT2D eigenvalue weighted by molar-refractivity contribution is 5.91. The monoisotopic (exact) mass is 298 g/mol. The van der Waals surface area contributed by atoms with Crippen molar-refractivity contribution in [2.24, 2.45) is 5.92 Å². The van der Waals surface area contributed by atoms with Gasteiger partial charge in [0.15, 0.2) is 0 Å². The van der Waals surface area contributed by atoms with Crippen LogP contribution in [0, 0.1) is 5.92 Å². The van der Waals surface area contributed by atoms with Crippen molar-refractivity contribution in [3.05, 3.63) is 24.3 Å². The Balaban J connectivity index is 0.00000200. The van der Waals surface area contributed by atoms with E-state index >= 15 is 0 Å². The minimum absolute atomic E-state index is 0. The first-order chi connectivity index (χ1) is 9.28. The van der Waals surface area contributed by atoms with Crippen LogP contribution in [0.1, 0.15) is 26.2 Å². The number of halogens is 1. The second-order valence-electron chi connectivity index (χ2n) is 4.99. The molecule has 1 aliphatic heterocycles. The Labute approximate surface area is 126 Å². The lowest BCUT2D eigenvalue weighted by Crippen LogP contribution is -2.18. The van der Waals surface area contributed by atoms with Crippen molar-refractivity contribution in [2.45, 2.75) is 26.2 Å². The van der Waals surface area contributed by atoms with Gasteiger partial charge in [-0.1, -0.05) is 13.0 Å². The maximum absolute atomic E-state index is 11.9. The van der Waals surface area contributed by atoms with Crippen molar-refractivity contribution < 1.29 is 9.53 Å². The molecule has 112 valence electrons. The highest BCUT2D eigenvalue weighted by Crippen LogP contribution is 2.19. The van der Waals surface area contributed by atoms with Crippen molar-refractivity contribution >= 4 is 24.0 Å². The van der Waals surface area contributed by atoms with E-state index in [0.29, 0.717) is 18.9 Å². The van der Waals surface area contributed by atoms with Gasteiger partial charge in [0.25, 0.3) is 0 Å². The van der Waals surface area contributed by atoms with Crippen LogP contribution in [0.15, 0.2) is 24.3 Å². The van der Waals surface area contributed by atoms with E-state index in [1.807, 2.05) is 24.3 Å². The van der Waals surface area contributed by atoms with E-state index in [1.54, 1.807) is 0 Å². The summed E-state index contributed by atoms with van der Waals surface area (Å²) >= 11 is 0. The smallest absolute Gasteiger partial charge is 0.224 e. The summed E-state index contributed by atoms with van der Waals surface area (Å²) in [7, 11) is 0. The van der Waals surface area contributed by atoms with Gasteiger partial charge < -0.3 is 15.4 Å².